The molecule has 15 nitrogen and oxygen atoms in total. The maximum atomic E-state index is 14.5. The molecule has 9 N–H and O–H groups in total. The summed E-state index contributed by atoms with van der Waals surface area (Å²) in [5.41, 5.74) is 8.81. The number of hydrogen-bond acceptors (Lipinski definition) is 8. The molecule has 3 heterocycles. The van der Waals surface area contributed by atoms with Crippen molar-refractivity contribution in [2.75, 3.05) is 13.1 Å². The van der Waals surface area contributed by atoms with Crippen molar-refractivity contribution in [1.82, 2.24) is 36.5 Å². The Labute approximate surface area is 343 Å². The highest BCUT2D eigenvalue weighted by atomic mass is 16.3. The van der Waals surface area contributed by atoms with Gasteiger partial charge in [0.05, 0.1) is 6.10 Å². The van der Waals surface area contributed by atoms with Crippen LogP contribution in [0.25, 0.3) is 10.9 Å². The Bertz CT molecular complexity index is 2090. The zero-order valence-electron chi connectivity index (χ0n) is 33.2. The highest BCUT2D eigenvalue weighted by Gasteiger charge is 2.41. The third-order valence-electron chi connectivity index (χ3n) is 11.0. The molecule has 15 heteroatoms. The molecule has 7 atom stereocenters. The van der Waals surface area contributed by atoms with E-state index in [-0.39, 0.29) is 32.2 Å². The number of nitrogens with one attached hydrogen (secondary N) is 6. The Hall–Kier alpha value is -6.06. The predicted molar refractivity (Wildman–Crippen MR) is 221 cm³/mol. The van der Waals surface area contributed by atoms with E-state index in [4.69, 9.17) is 5.73 Å². The SMILES string of the molecule is C[C@@H](O)[C@@H]1NC(=O)[C@H](CCCCN)NC(=O)[C@@H](Cc2c[nH]c3ccccc23)NC(=O)[C@H](Cc2ccccc2)NC(=O)[C@H]2CCCN2C(=O)[C@H](Cc2ccccc2)NC1=O. The van der Waals surface area contributed by atoms with Crippen LogP contribution in [0.5, 0.6) is 0 Å². The van der Waals surface area contributed by atoms with Gasteiger partial charge < -0.3 is 47.3 Å². The number of aliphatic hydroxyl groups excluding tert-OH is 1. The second kappa shape index (κ2) is 20.1. The number of carbonyl (C=O) groups excluding carboxylic acids is 6. The van der Waals surface area contributed by atoms with Gasteiger partial charge in [-0.2, -0.15) is 0 Å². The lowest BCUT2D eigenvalue weighted by Crippen LogP contribution is -2.63. The average Bonchev–Trinajstić information content (AvgIpc) is 3.90. The van der Waals surface area contributed by atoms with E-state index < -0.39 is 77.8 Å². The molecule has 2 fully saturated rings. The molecule has 59 heavy (non-hydrogen) atoms. The molecule has 6 rings (SSSR count). The summed E-state index contributed by atoms with van der Waals surface area (Å²) in [4.78, 5) is 90.3. The number of nitrogens with two attached hydrogens (primary N) is 1. The van der Waals surface area contributed by atoms with Gasteiger partial charge in [0, 0.05) is 42.9 Å². The quantitative estimate of drug-likeness (QED) is 0.102. The van der Waals surface area contributed by atoms with E-state index in [2.05, 4.69) is 31.6 Å². The minimum absolute atomic E-state index is 0.0249. The van der Waals surface area contributed by atoms with Crippen molar-refractivity contribution in [3.63, 3.8) is 0 Å². The second-order valence-corrected chi connectivity index (χ2v) is 15.4. The van der Waals surface area contributed by atoms with E-state index in [0.29, 0.717) is 32.2 Å². The maximum Gasteiger partial charge on any atom is 0.246 e. The summed E-state index contributed by atoms with van der Waals surface area (Å²) in [6.45, 7) is 1.90. The number of aromatic amines is 1. The number of aromatic nitrogens is 1. The van der Waals surface area contributed by atoms with Crippen LogP contribution in [0.3, 0.4) is 0 Å². The smallest absolute Gasteiger partial charge is 0.246 e. The topological polar surface area (TPSA) is 228 Å². The molecule has 6 amide bonds. The van der Waals surface area contributed by atoms with Gasteiger partial charge in [-0.05, 0) is 68.3 Å². The van der Waals surface area contributed by atoms with Crippen LogP contribution >= 0.6 is 0 Å². The van der Waals surface area contributed by atoms with E-state index in [9.17, 15) is 33.9 Å². The van der Waals surface area contributed by atoms with Crippen molar-refractivity contribution in [3.05, 3.63) is 108 Å². The van der Waals surface area contributed by atoms with Crippen LogP contribution in [0.4, 0.5) is 0 Å². The number of amides is 6. The lowest BCUT2D eigenvalue weighted by atomic mass is 10.00. The van der Waals surface area contributed by atoms with Crippen LogP contribution in [0.2, 0.25) is 0 Å². The highest BCUT2D eigenvalue weighted by Crippen LogP contribution is 2.22. The molecule has 0 aliphatic carbocycles. The molecule has 1 aromatic heterocycles. The first-order chi connectivity index (χ1) is 28.5. The Balaban J connectivity index is 1.40. The molecule has 2 aliphatic rings. The highest BCUT2D eigenvalue weighted by molar-refractivity contribution is 5.99. The lowest BCUT2D eigenvalue weighted by molar-refractivity contribution is -0.143. The summed E-state index contributed by atoms with van der Waals surface area (Å²) in [7, 11) is 0. The third-order valence-corrected chi connectivity index (χ3v) is 11.0. The fraction of sp³-hybridized carbons (Fsp3) is 0.409. The van der Waals surface area contributed by atoms with Gasteiger partial charge in [0.1, 0.15) is 36.3 Å². The number of benzene rings is 3. The number of carbonyl (C=O) groups is 6. The molecule has 2 saturated heterocycles. The fourth-order valence-electron chi connectivity index (χ4n) is 7.84. The molecular formula is C44H54N8O7. The first kappa shape index (κ1) is 42.5. The number of hydrogen-bond donors (Lipinski definition) is 8. The monoisotopic (exact) mass is 806 g/mol. The molecule has 2 aliphatic heterocycles. The van der Waals surface area contributed by atoms with Crippen LogP contribution in [0.15, 0.2) is 91.1 Å². The number of aliphatic hydroxyl groups is 1. The van der Waals surface area contributed by atoms with Gasteiger partial charge in [0.2, 0.25) is 35.4 Å². The molecule has 0 saturated carbocycles. The first-order valence-electron chi connectivity index (χ1n) is 20.4. The van der Waals surface area contributed by atoms with Crippen LogP contribution < -0.4 is 32.3 Å². The third kappa shape index (κ3) is 10.9. The zero-order chi connectivity index (χ0) is 41.9. The number of H-pyrrole nitrogens is 1. The molecule has 4 aromatic rings. The van der Waals surface area contributed by atoms with Crippen molar-refractivity contribution in [1.29, 1.82) is 0 Å². The Kier molecular flexibility index (Phi) is 14.5. The zero-order valence-corrected chi connectivity index (χ0v) is 33.2. The lowest BCUT2D eigenvalue weighted by Gasteiger charge is -2.32. The van der Waals surface area contributed by atoms with E-state index in [0.717, 1.165) is 27.6 Å². The molecule has 0 radical (unpaired) electrons. The van der Waals surface area contributed by atoms with Crippen LogP contribution in [0.1, 0.15) is 55.7 Å². The first-order valence-corrected chi connectivity index (χ1v) is 20.4. The minimum atomic E-state index is -1.51. The number of fused-ring (bicyclic) bond motifs is 2. The van der Waals surface area contributed by atoms with Crippen molar-refractivity contribution < 1.29 is 33.9 Å². The Morgan fingerprint density at radius 2 is 1.22 bits per heavy atom. The molecule has 3 aromatic carbocycles. The molecule has 312 valence electrons. The summed E-state index contributed by atoms with van der Waals surface area (Å²) in [5, 5.41) is 25.7. The summed E-state index contributed by atoms with van der Waals surface area (Å²) in [6.07, 6.45) is 2.44. The Morgan fingerprint density at radius 1 is 0.661 bits per heavy atom. The van der Waals surface area contributed by atoms with E-state index >= 15 is 0 Å². The van der Waals surface area contributed by atoms with E-state index in [1.54, 1.807) is 30.5 Å². The van der Waals surface area contributed by atoms with Gasteiger partial charge in [-0.15, -0.1) is 0 Å². The number of nitrogens with zero attached hydrogens (tertiary/aromatic N) is 1. The normalized spacial score (nSPS) is 24.2. The van der Waals surface area contributed by atoms with E-state index in [1.165, 1.54) is 11.8 Å². The largest absolute Gasteiger partial charge is 0.391 e. The van der Waals surface area contributed by atoms with Gasteiger partial charge in [0.25, 0.3) is 0 Å². The number of rotatable bonds is 11. The van der Waals surface area contributed by atoms with Crippen molar-refractivity contribution >= 4 is 46.3 Å². The van der Waals surface area contributed by atoms with E-state index in [1.807, 2.05) is 60.7 Å². The van der Waals surface area contributed by atoms with Crippen LogP contribution in [0, 0.1) is 0 Å². The average molecular weight is 807 g/mol. The van der Waals surface area contributed by atoms with Gasteiger partial charge >= 0.3 is 0 Å². The standard InChI is InChI=1S/C44H54N8O7/c1-27(53)38-43(58)50-36(24-29-15-6-3-7-16-29)44(59)52-22-12-20-37(52)42(57)49-34(23-28-13-4-2-5-14-28)40(55)48-35(25-30-26-46-32-18-9-8-17-31(30)32)41(56)47-33(39(54)51-38)19-10-11-21-45/h2-9,13-18,26-27,33-38,46,53H,10-12,19-25,45H2,1H3,(H,47,56)(H,48,55)(H,49,57)(H,50,58)(H,51,54)/t27-,33+,34+,35-,36+,37-,38+/m1/s1. The Morgan fingerprint density at radius 3 is 1.88 bits per heavy atom. The van der Waals surface area contributed by atoms with Gasteiger partial charge in [0.15, 0.2) is 0 Å². The van der Waals surface area contributed by atoms with Crippen LogP contribution in [-0.4, -0.2) is 106 Å². The predicted octanol–water partition coefficient (Wildman–Crippen LogP) is 1.13. The molecule has 0 bridgehead atoms. The van der Waals surface area contributed by atoms with Crippen molar-refractivity contribution in [2.24, 2.45) is 5.73 Å². The minimum Gasteiger partial charge on any atom is -0.391 e. The fourth-order valence-corrected chi connectivity index (χ4v) is 7.84. The molecule has 0 spiro atoms. The maximum absolute atomic E-state index is 14.5. The van der Waals surface area contributed by atoms with Crippen molar-refractivity contribution in [3.8, 4) is 0 Å². The number of unbranched alkanes of at least 4 members (excludes halogenated alkanes) is 1. The summed E-state index contributed by atoms with van der Waals surface area (Å²) in [5.74, 6) is -3.93. The van der Waals surface area contributed by atoms with Gasteiger partial charge in [-0.3, -0.25) is 28.8 Å². The van der Waals surface area contributed by atoms with Gasteiger partial charge in [-0.25, -0.2) is 0 Å². The summed E-state index contributed by atoms with van der Waals surface area (Å²) < 4.78 is 0. The second-order valence-electron chi connectivity index (χ2n) is 15.4. The molecule has 0 unspecified atom stereocenters. The number of para-hydroxylation sites is 1. The van der Waals surface area contributed by atoms with Crippen molar-refractivity contribution in [2.45, 2.75) is 101 Å². The van der Waals surface area contributed by atoms with Crippen LogP contribution in [-0.2, 0) is 48.0 Å². The van der Waals surface area contributed by atoms with Gasteiger partial charge in [-0.1, -0.05) is 78.9 Å². The summed E-state index contributed by atoms with van der Waals surface area (Å²) in [6, 6.07) is 18.5. The summed E-state index contributed by atoms with van der Waals surface area (Å²) >= 11 is 0. The molecular weight excluding hydrogens is 753 g/mol.